The van der Waals surface area contributed by atoms with Gasteiger partial charge in [-0.1, -0.05) is 0 Å². The van der Waals surface area contributed by atoms with Gasteiger partial charge >= 0.3 is 0 Å². The van der Waals surface area contributed by atoms with Crippen LogP contribution in [0.1, 0.15) is 29.6 Å². The third-order valence-electron chi connectivity index (χ3n) is 3.90. The van der Waals surface area contributed by atoms with E-state index in [9.17, 15) is 4.79 Å². The van der Waals surface area contributed by atoms with Gasteiger partial charge in [0.25, 0.3) is 5.91 Å². The van der Waals surface area contributed by atoms with E-state index < -0.39 is 0 Å². The highest BCUT2D eigenvalue weighted by Gasteiger charge is 2.41. The number of carbonyl (C=O) groups excluding carboxylic acids is 1. The zero-order valence-electron chi connectivity index (χ0n) is 12.1. The molecule has 20 heavy (non-hydrogen) atoms. The molecular formula is C15H22N2O3. The highest BCUT2D eigenvalue weighted by atomic mass is 16.5. The van der Waals surface area contributed by atoms with E-state index in [-0.39, 0.29) is 11.3 Å². The number of rotatable bonds is 7. The first-order chi connectivity index (χ1) is 9.64. The molecule has 2 rings (SSSR count). The number of carbonyl (C=O) groups is 1. The Labute approximate surface area is 119 Å². The van der Waals surface area contributed by atoms with Crippen molar-refractivity contribution in [3.63, 3.8) is 0 Å². The lowest BCUT2D eigenvalue weighted by atomic mass is 10.0. The van der Waals surface area contributed by atoms with Gasteiger partial charge in [-0.3, -0.25) is 4.79 Å². The molecule has 0 saturated heterocycles. The summed E-state index contributed by atoms with van der Waals surface area (Å²) in [6, 6.07) is 5.16. The van der Waals surface area contributed by atoms with Gasteiger partial charge in [0.15, 0.2) is 11.5 Å². The molecule has 5 nitrogen and oxygen atoms in total. The van der Waals surface area contributed by atoms with E-state index >= 15 is 0 Å². The fourth-order valence-corrected chi connectivity index (χ4v) is 2.35. The van der Waals surface area contributed by atoms with Crippen molar-refractivity contribution >= 4 is 5.91 Å². The molecule has 1 aliphatic carbocycles. The zero-order chi connectivity index (χ0) is 14.6. The van der Waals surface area contributed by atoms with E-state index in [2.05, 4.69) is 5.32 Å². The van der Waals surface area contributed by atoms with Crippen LogP contribution in [0.15, 0.2) is 18.2 Å². The highest BCUT2D eigenvalue weighted by Crippen LogP contribution is 2.47. The van der Waals surface area contributed by atoms with Crippen LogP contribution in [-0.4, -0.2) is 33.2 Å². The Hall–Kier alpha value is -1.75. The quantitative estimate of drug-likeness (QED) is 0.794. The fourth-order valence-electron chi connectivity index (χ4n) is 2.35. The minimum Gasteiger partial charge on any atom is -0.493 e. The molecule has 0 radical (unpaired) electrons. The van der Waals surface area contributed by atoms with Crippen molar-refractivity contribution in [1.82, 2.24) is 5.32 Å². The Kier molecular flexibility index (Phi) is 4.49. The molecule has 0 spiro atoms. The van der Waals surface area contributed by atoms with E-state index in [1.165, 1.54) is 0 Å². The van der Waals surface area contributed by atoms with Crippen molar-refractivity contribution in [2.45, 2.75) is 19.3 Å². The van der Waals surface area contributed by atoms with Crippen LogP contribution in [0.4, 0.5) is 0 Å². The minimum absolute atomic E-state index is 0.0887. The van der Waals surface area contributed by atoms with Crippen LogP contribution in [0.2, 0.25) is 0 Å². The second-order valence-corrected chi connectivity index (χ2v) is 5.29. The maximum absolute atomic E-state index is 12.2. The Morgan fingerprint density at radius 3 is 2.55 bits per heavy atom. The fraction of sp³-hybridized carbons (Fsp3) is 0.533. The molecule has 0 aromatic heterocycles. The predicted octanol–water partition coefficient (Wildman–Crippen LogP) is 1.56. The Bertz CT molecular complexity index is 484. The maximum atomic E-state index is 12.2. The summed E-state index contributed by atoms with van der Waals surface area (Å²) in [6.45, 7) is 1.36. The van der Waals surface area contributed by atoms with Gasteiger partial charge in [-0.05, 0) is 49.4 Å². The molecule has 1 aromatic carbocycles. The van der Waals surface area contributed by atoms with Crippen LogP contribution in [0.25, 0.3) is 0 Å². The van der Waals surface area contributed by atoms with E-state index in [1.807, 2.05) is 0 Å². The standard InChI is InChI=1S/C15H22N2O3/c1-19-12-4-3-11(9-13(12)20-2)14(18)17-10-15(5-6-15)7-8-16/h3-4,9H,5-8,10,16H2,1-2H3,(H,17,18). The van der Waals surface area contributed by atoms with Crippen LogP contribution in [0.3, 0.4) is 0 Å². The third-order valence-corrected chi connectivity index (χ3v) is 3.90. The van der Waals surface area contributed by atoms with Gasteiger partial charge in [0, 0.05) is 12.1 Å². The number of amides is 1. The summed E-state index contributed by atoms with van der Waals surface area (Å²) in [4.78, 5) is 12.2. The Morgan fingerprint density at radius 1 is 1.30 bits per heavy atom. The average molecular weight is 278 g/mol. The summed E-state index contributed by atoms with van der Waals surface area (Å²) in [7, 11) is 3.13. The molecule has 1 aliphatic rings. The first kappa shape index (κ1) is 14.7. The molecule has 0 atom stereocenters. The number of hydrogen-bond acceptors (Lipinski definition) is 4. The molecule has 3 N–H and O–H groups in total. The molecule has 0 bridgehead atoms. The average Bonchev–Trinajstić information content (AvgIpc) is 3.24. The van der Waals surface area contributed by atoms with Gasteiger partial charge in [0.05, 0.1) is 14.2 Å². The SMILES string of the molecule is COc1ccc(C(=O)NCC2(CCN)CC2)cc1OC. The molecule has 1 saturated carbocycles. The van der Waals surface area contributed by atoms with Crippen molar-refractivity contribution in [3.8, 4) is 11.5 Å². The number of methoxy groups -OCH3 is 2. The lowest BCUT2D eigenvalue weighted by Gasteiger charge is -2.15. The second kappa shape index (κ2) is 6.13. The molecule has 5 heteroatoms. The van der Waals surface area contributed by atoms with Gasteiger partial charge in [0.2, 0.25) is 0 Å². The molecule has 1 amide bonds. The molecule has 1 fully saturated rings. The zero-order valence-corrected chi connectivity index (χ0v) is 12.1. The summed E-state index contributed by atoms with van der Waals surface area (Å²) in [5, 5.41) is 2.98. The van der Waals surface area contributed by atoms with Gasteiger partial charge < -0.3 is 20.5 Å². The number of hydrogen-bond donors (Lipinski definition) is 2. The lowest BCUT2D eigenvalue weighted by Crippen LogP contribution is -2.31. The van der Waals surface area contributed by atoms with Gasteiger partial charge in [-0.15, -0.1) is 0 Å². The van der Waals surface area contributed by atoms with Crippen molar-refractivity contribution in [3.05, 3.63) is 23.8 Å². The summed E-state index contributed by atoms with van der Waals surface area (Å²) in [5.41, 5.74) is 6.41. The largest absolute Gasteiger partial charge is 0.493 e. The lowest BCUT2D eigenvalue weighted by molar-refractivity contribution is 0.0943. The van der Waals surface area contributed by atoms with Crippen molar-refractivity contribution in [2.24, 2.45) is 11.1 Å². The second-order valence-electron chi connectivity index (χ2n) is 5.29. The predicted molar refractivity (Wildman–Crippen MR) is 77.2 cm³/mol. The minimum atomic E-state index is -0.0887. The van der Waals surface area contributed by atoms with E-state index in [1.54, 1.807) is 32.4 Å². The molecule has 0 unspecified atom stereocenters. The normalized spacial score (nSPS) is 15.6. The number of ether oxygens (including phenoxy) is 2. The summed E-state index contributed by atoms with van der Waals surface area (Å²) in [6.07, 6.45) is 3.27. The molecule has 0 heterocycles. The van der Waals surface area contributed by atoms with Gasteiger partial charge in [-0.25, -0.2) is 0 Å². The summed E-state index contributed by atoms with van der Waals surface area (Å²) in [5.74, 6) is 1.09. The summed E-state index contributed by atoms with van der Waals surface area (Å²) >= 11 is 0. The maximum Gasteiger partial charge on any atom is 0.251 e. The molecular weight excluding hydrogens is 256 g/mol. The van der Waals surface area contributed by atoms with Gasteiger partial charge in [-0.2, -0.15) is 0 Å². The highest BCUT2D eigenvalue weighted by molar-refractivity contribution is 5.94. The Balaban J connectivity index is 1.99. The number of nitrogens with two attached hydrogens (primary N) is 1. The molecule has 0 aliphatic heterocycles. The van der Waals surface area contributed by atoms with Crippen molar-refractivity contribution < 1.29 is 14.3 Å². The molecule has 1 aromatic rings. The molecule has 110 valence electrons. The van der Waals surface area contributed by atoms with E-state index in [0.29, 0.717) is 30.2 Å². The first-order valence-electron chi connectivity index (χ1n) is 6.84. The smallest absolute Gasteiger partial charge is 0.251 e. The van der Waals surface area contributed by atoms with Crippen molar-refractivity contribution in [1.29, 1.82) is 0 Å². The van der Waals surface area contributed by atoms with Gasteiger partial charge in [0.1, 0.15) is 0 Å². The van der Waals surface area contributed by atoms with Crippen LogP contribution in [0.5, 0.6) is 11.5 Å². The van der Waals surface area contributed by atoms with Crippen LogP contribution < -0.4 is 20.5 Å². The Morgan fingerprint density at radius 2 is 2.00 bits per heavy atom. The van der Waals surface area contributed by atoms with E-state index in [4.69, 9.17) is 15.2 Å². The van der Waals surface area contributed by atoms with Crippen LogP contribution in [0, 0.1) is 5.41 Å². The topological polar surface area (TPSA) is 73.6 Å². The number of benzene rings is 1. The van der Waals surface area contributed by atoms with Crippen LogP contribution in [-0.2, 0) is 0 Å². The monoisotopic (exact) mass is 278 g/mol. The van der Waals surface area contributed by atoms with Crippen molar-refractivity contribution in [2.75, 3.05) is 27.3 Å². The van der Waals surface area contributed by atoms with E-state index in [0.717, 1.165) is 19.3 Å². The third kappa shape index (κ3) is 3.22. The number of nitrogens with one attached hydrogen (secondary N) is 1. The summed E-state index contributed by atoms with van der Waals surface area (Å²) < 4.78 is 10.4. The van der Waals surface area contributed by atoms with Crippen LogP contribution >= 0.6 is 0 Å². The first-order valence-corrected chi connectivity index (χ1v) is 6.84.